The van der Waals surface area contributed by atoms with Crippen LogP contribution in [0.25, 0.3) is 0 Å². The number of Topliss-reactive ketones (excluding diaryl/α,β-unsaturated/α-hetero) is 1. The highest BCUT2D eigenvalue weighted by atomic mass is 35.5. The van der Waals surface area contributed by atoms with E-state index in [2.05, 4.69) is 0 Å². The highest BCUT2D eigenvalue weighted by Gasteiger charge is 2.30. The maximum absolute atomic E-state index is 12.1. The third kappa shape index (κ3) is 2.58. The van der Waals surface area contributed by atoms with Crippen molar-refractivity contribution in [3.63, 3.8) is 0 Å². The van der Waals surface area contributed by atoms with Crippen LogP contribution in [-0.2, 0) is 0 Å². The molecule has 82 valence electrons. The molecule has 0 radical (unpaired) electrons. The molecule has 0 fully saturated rings. The normalized spacial score (nSPS) is 11.5. The van der Waals surface area contributed by atoms with E-state index in [0.29, 0.717) is 23.4 Å². The Morgan fingerprint density at radius 2 is 2.00 bits per heavy atom. The van der Waals surface area contributed by atoms with E-state index in [9.17, 15) is 4.79 Å². The lowest BCUT2D eigenvalue weighted by atomic mass is 9.85. The van der Waals surface area contributed by atoms with Crippen LogP contribution in [0, 0.1) is 0 Å². The minimum atomic E-state index is -0.759. The van der Waals surface area contributed by atoms with Gasteiger partial charge in [0.25, 0.3) is 0 Å². The predicted molar refractivity (Wildman–Crippen MR) is 63.3 cm³/mol. The van der Waals surface area contributed by atoms with E-state index in [1.54, 1.807) is 24.3 Å². The number of hydrogen-bond acceptors (Lipinski definition) is 2. The van der Waals surface area contributed by atoms with Crippen molar-refractivity contribution in [2.75, 3.05) is 0 Å². The molecule has 2 nitrogen and oxygen atoms in total. The van der Waals surface area contributed by atoms with Gasteiger partial charge >= 0.3 is 0 Å². The van der Waals surface area contributed by atoms with Crippen molar-refractivity contribution in [3.8, 4) is 0 Å². The zero-order valence-electron chi connectivity index (χ0n) is 9.09. The number of nitrogens with two attached hydrogens (primary N) is 1. The van der Waals surface area contributed by atoms with Crippen LogP contribution < -0.4 is 5.73 Å². The first-order chi connectivity index (χ1) is 7.03. The largest absolute Gasteiger partial charge is 0.319 e. The minimum absolute atomic E-state index is 0.0324. The molecule has 0 amide bonds. The summed E-state index contributed by atoms with van der Waals surface area (Å²) >= 11 is 5.83. The van der Waals surface area contributed by atoms with E-state index in [4.69, 9.17) is 17.3 Å². The molecule has 0 bridgehead atoms. The second-order valence-corrected chi connectivity index (χ2v) is 4.14. The standard InChI is InChI=1S/C12H16ClNO/c1-3-12(14,4-2)11(15)9-6-5-7-10(13)8-9/h5-8H,3-4,14H2,1-2H3. The van der Waals surface area contributed by atoms with Crippen LogP contribution in [0.5, 0.6) is 0 Å². The average Bonchev–Trinajstić information content (AvgIpc) is 2.27. The van der Waals surface area contributed by atoms with Gasteiger partial charge in [-0.2, -0.15) is 0 Å². The molecule has 1 aromatic carbocycles. The predicted octanol–water partition coefficient (Wildman–Crippen LogP) is 3.04. The Balaban J connectivity index is 3.03. The number of ketones is 1. The fraction of sp³-hybridized carbons (Fsp3) is 0.417. The molecule has 0 aromatic heterocycles. The lowest BCUT2D eigenvalue weighted by molar-refractivity contribution is 0.0879. The lowest BCUT2D eigenvalue weighted by Crippen LogP contribution is -2.46. The van der Waals surface area contributed by atoms with Gasteiger partial charge in [0.05, 0.1) is 5.54 Å². The molecule has 1 aromatic rings. The maximum atomic E-state index is 12.1. The SMILES string of the molecule is CCC(N)(CC)C(=O)c1cccc(Cl)c1. The topological polar surface area (TPSA) is 43.1 Å². The highest BCUT2D eigenvalue weighted by molar-refractivity contribution is 6.31. The molecule has 0 unspecified atom stereocenters. The van der Waals surface area contributed by atoms with Crippen LogP contribution in [-0.4, -0.2) is 11.3 Å². The van der Waals surface area contributed by atoms with Crippen LogP contribution in [0.1, 0.15) is 37.0 Å². The van der Waals surface area contributed by atoms with Gasteiger partial charge in [0, 0.05) is 10.6 Å². The van der Waals surface area contributed by atoms with Gasteiger partial charge in [-0.1, -0.05) is 37.6 Å². The summed E-state index contributed by atoms with van der Waals surface area (Å²) < 4.78 is 0. The van der Waals surface area contributed by atoms with Crippen LogP contribution in [0.3, 0.4) is 0 Å². The van der Waals surface area contributed by atoms with E-state index in [1.165, 1.54) is 0 Å². The van der Waals surface area contributed by atoms with Gasteiger partial charge in [-0.25, -0.2) is 0 Å². The molecular weight excluding hydrogens is 210 g/mol. The summed E-state index contributed by atoms with van der Waals surface area (Å²) in [6.07, 6.45) is 1.27. The molecule has 0 heterocycles. The molecule has 2 N–H and O–H groups in total. The Labute approximate surface area is 95.4 Å². The van der Waals surface area contributed by atoms with Gasteiger partial charge in [-0.15, -0.1) is 0 Å². The van der Waals surface area contributed by atoms with Crippen molar-refractivity contribution in [3.05, 3.63) is 34.9 Å². The van der Waals surface area contributed by atoms with Gasteiger partial charge in [0.2, 0.25) is 0 Å². The lowest BCUT2D eigenvalue weighted by Gasteiger charge is -2.24. The number of carbonyl (C=O) groups excluding carboxylic acids is 1. The smallest absolute Gasteiger partial charge is 0.182 e. The van der Waals surface area contributed by atoms with Gasteiger partial charge < -0.3 is 5.73 Å². The first-order valence-electron chi connectivity index (χ1n) is 5.12. The Bertz CT molecular complexity index is 358. The minimum Gasteiger partial charge on any atom is -0.319 e. The molecule has 15 heavy (non-hydrogen) atoms. The fourth-order valence-electron chi connectivity index (χ4n) is 1.49. The highest BCUT2D eigenvalue weighted by Crippen LogP contribution is 2.20. The van der Waals surface area contributed by atoms with E-state index >= 15 is 0 Å². The van der Waals surface area contributed by atoms with Crippen LogP contribution in [0.4, 0.5) is 0 Å². The fourth-order valence-corrected chi connectivity index (χ4v) is 1.68. The van der Waals surface area contributed by atoms with Gasteiger partial charge in [0.15, 0.2) is 5.78 Å². The van der Waals surface area contributed by atoms with Gasteiger partial charge in [-0.05, 0) is 25.0 Å². The van der Waals surface area contributed by atoms with Crippen molar-refractivity contribution in [1.29, 1.82) is 0 Å². The Kier molecular flexibility index (Phi) is 3.89. The second kappa shape index (κ2) is 4.77. The van der Waals surface area contributed by atoms with Crippen molar-refractivity contribution >= 4 is 17.4 Å². The molecule has 0 atom stereocenters. The molecular formula is C12H16ClNO. The van der Waals surface area contributed by atoms with Crippen molar-refractivity contribution in [1.82, 2.24) is 0 Å². The molecule has 0 aliphatic heterocycles. The van der Waals surface area contributed by atoms with Crippen molar-refractivity contribution < 1.29 is 4.79 Å². The molecule has 3 heteroatoms. The monoisotopic (exact) mass is 225 g/mol. The number of rotatable bonds is 4. The summed E-state index contributed by atoms with van der Waals surface area (Å²) in [5.74, 6) is -0.0324. The Morgan fingerprint density at radius 1 is 1.40 bits per heavy atom. The first-order valence-corrected chi connectivity index (χ1v) is 5.50. The molecule has 0 saturated carbocycles. The Hall–Kier alpha value is -0.860. The number of halogens is 1. The third-order valence-electron chi connectivity index (χ3n) is 2.80. The van der Waals surface area contributed by atoms with Gasteiger partial charge in [0.1, 0.15) is 0 Å². The third-order valence-corrected chi connectivity index (χ3v) is 3.04. The number of carbonyl (C=O) groups is 1. The van der Waals surface area contributed by atoms with Crippen LogP contribution in [0.15, 0.2) is 24.3 Å². The summed E-state index contributed by atoms with van der Waals surface area (Å²) in [4.78, 5) is 12.1. The molecule has 0 saturated heterocycles. The summed E-state index contributed by atoms with van der Waals surface area (Å²) in [5, 5.41) is 0.565. The molecule has 1 rings (SSSR count). The Morgan fingerprint density at radius 3 is 2.47 bits per heavy atom. The van der Waals surface area contributed by atoms with Crippen molar-refractivity contribution in [2.24, 2.45) is 5.73 Å². The number of benzene rings is 1. The summed E-state index contributed by atoms with van der Waals surface area (Å²) in [7, 11) is 0. The zero-order chi connectivity index (χ0) is 11.5. The zero-order valence-corrected chi connectivity index (χ0v) is 9.84. The quantitative estimate of drug-likeness (QED) is 0.801. The average molecular weight is 226 g/mol. The molecule has 0 aliphatic rings. The summed E-state index contributed by atoms with van der Waals surface area (Å²) in [5.41, 5.74) is 5.86. The van der Waals surface area contributed by atoms with Crippen molar-refractivity contribution in [2.45, 2.75) is 32.2 Å². The first kappa shape index (κ1) is 12.2. The number of hydrogen-bond donors (Lipinski definition) is 1. The van der Waals surface area contributed by atoms with E-state index in [-0.39, 0.29) is 5.78 Å². The van der Waals surface area contributed by atoms with Crippen LogP contribution >= 0.6 is 11.6 Å². The second-order valence-electron chi connectivity index (χ2n) is 3.70. The van der Waals surface area contributed by atoms with E-state index in [0.717, 1.165) is 0 Å². The maximum Gasteiger partial charge on any atom is 0.182 e. The summed E-state index contributed by atoms with van der Waals surface area (Å²) in [6.45, 7) is 3.85. The molecule has 0 spiro atoms. The van der Waals surface area contributed by atoms with Crippen LogP contribution in [0.2, 0.25) is 5.02 Å². The van der Waals surface area contributed by atoms with E-state index < -0.39 is 5.54 Å². The summed E-state index contributed by atoms with van der Waals surface area (Å²) in [6, 6.07) is 6.92. The van der Waals surface area contributed by atoms with Gasteiger partial charge in [-0.3, -0.25) is 4.79 Å². The molecule has 0 aliphatic carbocycles. The van der Waals surface area contributed by atoms with E-state index in [1.807, 2.05) is 13.8 Å².